The molecule has 17 heavy (non-hydrogen) atoms. The van der Waals surface area contributed by atoms with Crippen LogP contribution in [0.25, 0.3) is 0 Å². The Morgan fingerprint density at radius 2 is 2.18 bits per heavy atom. The first kappa shape index (κ1) is 11.2. The van der Waals surface area contributed by atoms with Crippen molar-refractivity contribution in [3.05, 3.63) is 41.1 Å². The number of nitrogens with one attached hydrogen (secondary N) is 2. The molecule has 2 rings (SSSR count). The zero-order valence-corrected chi connectivity index (χ0v) is 9.74. The fraction of sp³-hybridized carbons (Fsp3) is 0.167. The highest BCUT2D eigenvalue weighted by Gasteiger charge is 2.11. The maximum absolute atomic E-state index is 7.51. The van der Waals surface area contributed by atoms with Gasteiger partial charge in [0, 0.05) is 11.8 Å². The van der Waals surface area contributed by atoms with E-state index in [1.54, 1.807) is 12.1 Å². The summed E-state index contributed by atoms with van der Waals surface area (Å²) in [6.07, 6.45) is 0. The number of benzene rings is 1. The quantitative estimate of drug-likeness (QED) is 0.557. The van der Waals surface area contributed by atoms with Crippen molar-refractivity contribution in [1.82, 2.24) is 10.2 Å². The average molecular weight is 230 g/mol. The highest BCUT2D eigenvalue weighted by Crippen LogP contribution is 2.27. The van der Waals surface area contributed by atoms with Gasteiger partial charge < -0.3 is 10.5 Å². The predicted octanol–water partition coefficient (Wildman–Crippen LogP) is 2.10. The van der Waals surface area contributed by atoms with E-state index < -0.39 is 0 Å². The monoisotopic (exact) mass is 230 g/mol. The van der Waals surface area contributed by atoms with Gasteiger partial charge in [0.2, 0.25) is 5.88 Å². The molecule has 0 radical (unpaired) electrons. The van der Waals surface area contributed by atoms with Gasteiger partial charge in [-0.25, -0.2) is 0 Å². The Balaban J connectivity index is 2.40. The first-order chi connectivity index (χ1) is 8.08. The lowest BCUT2D eigenvalue weighted by atomic mass is 10.1. The number of amidine groups is 1. The van der Waals surface area contributed by atoms with Crippen LogP contribution < -0.4 is 10.5 Å². The number of ether oxygens (including phenoxy) is 1. The van der Waals surface area contributed by atoms with Gasteiger partial charge in [-0.2, -0.15) is 0 Å². The van der Waals surface area contributed by atoms with Crippen LogP contribution in [0.15, 0.2) is 24.3 Å². The van der Waals surface area contributed by atoms with Crippen molar-refractivity contribution >= 4 is 5.84 Å². The molecule has 5 heteroatoms. The number of para-hydroxylation sites is 1. The van der Waals surface area contributed by atoms with E-state index in [1.807, 2.05) is 26.0 Å². The summed E-state index contributed by atoms with van der Waals surface area (Å²) in [4.78, 5) is 0. The predicted molar refractivity (Wildman–Crippen MR) is 65.6 cm³/mol. The van der Waals surface area contributed by atoms with E-state index >= 15 is 0 Å². The molecule has 5 nitrogen and oxygen atoms in total. The number of aryl methyl sites for hydroxylation is 2. The first-order valence-electron chi connectivity index (χ1n) is 5.22. The Hall–Kier alpha value is -2.30. The van der Waals surface area contributed by atoms with Gasteiger partial charge in [-0.15, -0.1) is 5.10 Å². The van der Waals surface area contributed by atoms with Crippen LogP contribution in [0.1, 0.15) is 16.8 Å². The van der Waals surface area contributed by atoms with E-state index in [0.29, 0.717) is 17.2 Å². The zero-order valence-electron chi connectivity index (χ0n) is 9.74. The van der Waals surface area contributed by atoms with Gasteiger partial charge in [-0.05, 0) is 25.5 Å². The Morgan fingerprint density at radius 1 is 1.41 bits per heavy atom. The zero-order chi connectivity index (χ0) is 12.4. The summed E-state index contributed by atoms with van der Waals surface area (Å²) >= 11 is 0. The summed E-state index contributed by atoms with van der Waals surface area (Å²) in [6.45, 7) is 3.80. The van der Waals surface area contributed by atoms with Crippen LogP contribution in [0, 0.1) is 19.3 Å². The lowest BCUT2D eigenvalue weighted by molar-refractivity contribution is 0.457. The molecule has 1 heterocycles. The van der Waals surface area contributed by atoms with Crippen molar-refractivity contribution in [3.63, 3.8) is 0 Å². The Morgan fingerprint density at radius 3 is 2.76 bits per heavy atom. The SMILES string of the molecule is Cc1cc(Oc2c(C)cccc2C(=N)N)n[nH]1. The van der Waals surface area contributed by atoms with E-state index in [-0.39, 0.29) is 5.84 Å². The Kier molecular flexibility index (Phi) is 2.82. The van der Waals surface area contributed by atoms with Crippen LogP contribution in [0.4, 0.5) is 0 Å². The molecule has 2 aromatic rings. The number of aromatic nitrogens is 2. The maximum Gasteiger partial charge on any atom is 0.238 e. The fourth-order valence-corrected chi connectivity index (χ4v) is 1.55. The van der Waals surface area contributed by atoms with E-state index in [2.05, 4.69) is 10.2 Å². The van der Waals surface area contributed by atoms with E-state index in [1.165, 1.54) is 0 Å². The van der Waals surface area contributed by atoms with Gasteiger partial charge in [-0.3, -0.25) is 10.5 Å². The maximum atomic E-state index is 7.51. The van der Waals surface area contributed by atoms with Crippen LogP contribution in [-0.2, 0) is 0 Å². The molecule has 0 atom stereocenters. The van der Waals surface area contributed by atoms with Crippen molar-refractivity contribution in [2.24, 2.45) is 5.73 Å². The second-order valence-electron chi connectivity index (χ2n) is 3.86. The minimum Gasteiger partial charge on any atom is -0.436 e. The number of nitrogens with zero attached hydrogens (tertiary/aromatic N) is 1. The summed E-state index contributed by atoms with van der Waals surface area (Å²) in [5, 5.41) is 14.3. The molecule has 4 N–H and O–H groups in total. The third-order valence-electron chi connectivity index (χ3n) is 2.39. The molecule has 0 fully saturated rings. The second kappa shape index (κ2) is 4.29. The number of H-pyrrole nitrogens is 1. The van der Waals surface area contributed by atoms with Crippen LogP contribution in [-0.4, -0.2) is 16.0 Å². The lowest BCUT2D eigenvalue weighted by Crippen LogP contribution is -2.12. The fourth-order valence-electron chi connectivity index (χ4n) is 1.55. The molecule has 0 aliphatic rings. The Labute approximate surface area is 99.1 Å². The van der Waals surface area contributed by atoms with Crippen molar-refractivity contribution in [1.29, 1.82) is 5.41 Å². The number of rotatable bonds is 3. The van der Waals surface area contributed by atoms with Gasteiger partial charge in [0.05, 0.1) is 5.56 Å². The van der Waals surface area contributed by atoms with E-state index in [0.717, 1.165) is 11.3 Å². The van der Waals surface area contributed by atoms with E-state index in [4.69, 9.17) is 15.9 Å². The summed E-state index contributed by atoms with van der Waals surface area (Å²) in [5.41, 5.74) is 7.92. The summed E-state index contributed by atoms with van der Waals surface area (Å²) < 4.78 is 5.66. The molecule has 0 aliphatic heterocycles. The first-order valence-corrected chi connectivity index (χ1v) is 5.22. The molecule has 0 unspecified atom stereocenters. The van der Waals surface area contributed by atoms with Crippen LogP contribution in [0.5, 0.6) is 11.6 Å². The van der Waals surface area contributed by atoms with Crippen LogP contribution in [0.3, 0.4) is 0 Å². The van der Waals surface area contributed by atoms with Crippen LogP contribution in [0.2, 0.25) is 0 Å². The molecule has 0 aliphatic carbocycles. The molecule has 1 aromatic heterocycles. The second-order valence-corrected chi connectivity index (χ2v) is 3.86. The smallest absolute Gasteiger partial charge is 0.238 e. The molecule has 1 aromatic carbocycles. The number of aromatic amines is 1. The normalized spacial score (nSPS) is 10.2. The standard InChI is InChI=1S/C12H14N4O/c1-7-4-3-5-9(12(13)14)11(7)17-10-6-8(2)15-16-10/h3-6H,1-2H3,(H3,13,14)(H,15,16). The van der Waals surface area contributed by atoms with Gasteiger partial charge in [0.1, 0.15) is 11.6 Å². The molecule has 0 saturated carbocycles. The summed E-state index contributed by atoms with van der Waals surface area (Å²) in [7, 11) is 0. The molecule has 0 saturated heterocycles. The van der Waals surface area contributed by atoms with Crippen molar-refractivity contribution in [3.8, 4) is 11.6 Å². The number of nitrogens with two attached hydrogens (primary N) is 1. The average Bonchev–Trinajstić information content (AvgIpc) is 2.67. The minimum atomic E-state index is -0.0176. The molecular formula is C12H14N4O. The summed E-state index contributed by atoms with van der Waals surface area (Å²) in [5.74, 6) is 1.03. The molecule has 0 amide bonds. The highest BCUT2D eigenvalue weighted by atomic mass is 16.5. The molecule has 88 valence electrons. The van der Waals surface area contributed by atoms with Crippen molar-refractivity contribution in [2.45, 2.75) is 13.8 Å². The topological polar surface area (TPSA) is 87.8 Å². The van der Waals surface area contributed by atoms with Gasteiger partial charge >= 0.3 is 0 Å². The van der Waals surface area contributed by atoms with Crippen molar-refractivity contribution in [2.75, 3.05) is 0 Å². The highest BCUT2D eigenvalue weighted by molar-refractivity contribution is 5.98. The molecule has 0 bridgehead atoms. The van der Waals surface area contributed by atoms with Gasteiger partial charge in [-0.1, -0.05) is 12.1 Å². The van der Waals surface area contributed by atoms with Gasteiger partial charge in [0.25, 0.3) is 0 Å². The number of nitrogen functional groups attached to an aromatic ring is 1. The van der Waals surface area contributed by atoms with Gasteiger partial charge in [0.15, 0.2) is 0 Å². The number of hydrogen-bond acceptors (Lipinski definition) is 3. The molecular weight excluding hydrogens is 216 g/mol. The number of hydrogen-bond donors (Lipinski definition) is 3. The Bertz CT molecular complexity index is 559. The van der Waals surface area contributed by atoms with Crippen LogP contribution >= 0.6 is 0 Å². The minimum absolute atomic E-state index is 0.0176. The van der Waals surface area contributed by atoms with Crippen molar-refractivity contribution < 1.29 is 4.74 Å². The lowest BCUT2D eigenvalue weighted by Gasteiger charge is -2.10. The third kappa shape index (κ3) is 2.28. The largest absolute Gasteiger partial charge is 0.436 e. The van der Waals surface area contributed by atoms with E-state index in [9.17, 15) is 0 Å². The third-order valence-corrected chi connectivity index (χ3v) is 2.39. The summed E-state index contributed by atoms with van der Waals surface area (Å²) in [6, 6.07) is 7.29. The molecule has 0 spiro atoms.